The SMILES string of the molecule is CC1(C)Oc2ccccc2C1NC1CCc2ccccc21. The van der Waals surface area contributed by atoms with Crippen LogP contribution in [-0.2, 0) is 6.42 Å². The van der Waals surface area contributed by atoms with E-state index in [0.29, 0.717) is 6.04 Å². The van der Waals surface area contributed by atoms with Crippen molar-refractivity contribution >= 4 is 0 Å². The Labute approximate surface area is 126 Å². The van der Waals surface area contributed by atoms with Gasteiger partial charge in [-0.25, -0.2) is 0 Å². The number of ether oxygens (including phenoxy) is 1. The zero-order chi connectivity index (χ0) is 14.4. The molecule has 4 rings (SSSR count). The highest BCUT2D eigenvalue weighted by atomic mass is 16.5. The molecule has 2 atom stereocenters. The highest BCUT2D eigenvalue weighted by molar-refractivity contribution is 5.43. The molecule has 0 amide bonds. The van der Waals surface area contributed by atoms with E-state index < -0.39 is 0 Å². The topological polar surface area (TPSA) is 21.3 Å². The highest BCUT2D eigenvalue weighted by Crippen LogP contribution is 2.45. The summed E-state index contributed by atoms with van der Waals surface area (Å²) in [5.74, 6) is 1.02. The van der Waals surface area contributed by atoms with Crippen molar-refractivity contribution in [2.75, 3.05) is 0 Å². The molecule has 1 N–H and O–H groups in total. The van der Waals surface area contributed by atoms with Crippen LogP contribution < -0.4 is 10.1 Å². The molecule has 0 saturated heterocycles. The second kappa shape index (κ2) is 4.60. The predicted octanol–water partition coefficient (Wildman–Crippen LogP) is 4.18. The standard InChI is InChI=1S/C19H21NO/c1-19(2)18(15-9-5-6-10-17(15)21-19)20-16-12-11-13-7-3-4-8-14(13)16/h3-10,16,18,20H,11-12H2,1-2H3. The maximum absolute atomic E-state index is 6.14. The van der Waals surface area contributed by atoms with Gasteiger partial charge >= 0.3 is 0 Å². The molecule has 0 spiro atoms. The van der Waals surface area contributed by atoms with Gasteiger partial charge in [0.15, 0.2) is 0 Å². The van der Waals surface area contributed by atoms with Gasteiger partial charge in [-0.2, -0.15) is 0 Å². The van der Waals surface area contributed by atoms with E-state index in [1.165, 1.54) is 29.5 Å². The summed E-state index contributed by atoms with van der Waals surface area (Å²) < 4.78 is 6.14. The van der Waals surface area contributed by atoms with Crippen molar-refractivity contribution in [2.45, 2.75) is 44.4 Å². The van der Waals surface area contributed by atoms with Crippen molar-refractivity contribution in [2.24, 2.45) is 0 Å². The van der Waals surface area contributed by atoms with E-state index in [-0.39, 0.29) is 11.6 Å². The summed E-state index contributed by atoms with van der Waals surface area (Å²) in [6.07, 6.45) is 2.34. The highest BCUT2D eigenvalue weighted by Gasteiger charge is 2.42. The van der Waals surface area contributed by atoms with Crippen molar-refractivity contribution in [1.82, 2.24) is 5.32 Å². The number of benzene rings is 2. The largest absolute Gasteiger partial charge is 0.486 e. The zero-order valence-corrected chi connectivity index (χ0v) is 12.6. The predicted molar refractivity (Wildman–Crippen MR) is 84.5 cm³/mol. The van der Waals surface area contributed by atoms with Crippen LogP contribution in [0.3, 0.4) is 0 Å². The van der Waals surface area contributed by atoms with Gasteiger partial charge in [0.05, 0.1) is 6.04 Å². The van der Waals surface area contributed by atoms with Crippen LogP contribution in [0.1, 0.15) is 49.0 Å². The van der Waals surface area contributed by atoms with Crippen LogP contribution >= 0.6 is 0 Å². The summed E-state index contributed by atoms with van der Waals surface area (Å²) in [5, 5.41) is 3.86. The van der Waals surface area contributed by atoms with Crippen molar-refractivity contribution in [3.8, 4) is 5.75 Å². The van der Waals surface area contributed by atoms with Crippen molar-refractivity contribution in [1.29, 1.82) is 0 Å². The van der Waals surface area contributed by atoms with E-state index in [9.17, 15) is 0 Å². The smallest absolute Gasteiger partial charge is 0.125 e. The van der Waals surface area contributed by atoms with Gasteiger partial charge in [-0.3, -0.25) is 5.32 Å². The first-order valence-corrected chi connectivity index (χ1v) is 7.77. The van der Waals surface area contributed by atoms with E-state index >= 15 is 0 Å². The van der Waals surface area contributed by atoms with Gasteiger partial charge in [-0.05, 0) is 43.9 Å². The van der Waals surface area contributed by atoms with Crippen LogP contribution in [0.2, 0.25) is 0 Å². The van der Waals surface area contributed by atoms with Gasteiger partial charge in [0.25, 0.3) is 0 Å². The molecule has 0 fully saturated rings. The van der Waals surface area contributed by atoms with Crippen molar-refractivity contribution < 1.29 is 4.74 Å². The lowest BCUT2D eigenvalue weighted by Gasteiger charge is -2.30. The maximum Gasteiger partial charge on any atom is 0.125 e. The molecule has 2 heteroatoms. The molecule has 1 aliphatic heterocycles. The number of aryl methyl sites for hydroxylation is 1. The average Bonchev–Trinajstić information content (AvgIpc) is 2.99. The summed E-state index contributed by atoms with van der Waals surface area (Å²) >= 11 is 0. The Kier molecular flexibility index (Phi) is 2.83. The molecule has 2 nitrogen and oxygen atoms in total. The summed E-state index contributed by atoms with van der Waals surface area (Å²) in [6.45, 7) is 4.34. The van der Waals surface area contributed by atoms with E-state index in [4.69, 9.17) is 4.74 Å². The first-order valence-electron chi connectivity index (χ1n) is 7.77. The lowest BCUT2D eigenvalue weighted by Crippen LogP contribution is -2.40. The number of hydrogen-bond donors (Lipinski definition) is 1. The average molecular weight is 279 g/mol. The Morgan fingerprint density at radius 1 is 1.00 bits per heavy atom. The van der Waals surface area contributed by atoms with Crippen LogP contribution in [0.4, 0.5) is 0 Å². The third-order valence-corrected chi connectivity index (χ3v) is 4.80. The van der Waals surface area contributed by atoms with Crippen molar-refractivity contribution in [3.63, 3.8) is 0 Å². The Morgan fingerprint density at radius 3 is 2.57 bits per heavy atom. The minimum Gasteiger partial charge on any atom is -0.486 e. The van der Waals surface area contributed by atoms with Crippen LogP contribution in [0.5, 0.6) is 5.75 Å². The lowest BCUT2D eigenvalue weighted by atomic mass is 9.93. The fourth-order valence-corrected chi connectivity index (χ4v) is 3.75. The molecule has 0 bridgehead atoms. The fraction of sp³-hybridized carbons (Fsp3) is 0.368. The fourth-order valence-electron chi connectivity index (χ4n) is 3.75. The molecular formula is C19H21NO. The molecule has 2 aromatic rings. The Balaban J connectivity index is 1.66. The molecular weight excluding hydrogens is 258 g/mol. The summed E-state index contributed by atoms with van der Waals surface area (Å²) in [5.41, 5.74) is 4.02. The normalized spacial score (nSPS) is 25.2. The first-order chi connectivity index (χ1) is 10.1. The van der Waals surface area contributed by atoms with Gasteiger partial charge < -0.3 is 4.74 Å². The molecule has 21 heavy (non-hydrogen) atoms. The van der Waals surface area contributed by atoms with Gasteiger partial charge in [-0.15, -0.1) is 0 Å². The number of fused-ring (bicyclic) bond motifs is 2. The van der Waals surface area contributed by atoms with Crippen molar-refractivity contribution in [3.05, 3.63) is 65.2 Å². The minimum atomic E-state index is -0.207. The molecule has 1 aliphatic carbocycles. The third kappa shape index (κ3) is 2.06. The molecule has 0 aromatic heterocycles. The lowest BCUT2D eigenvalue weighted by molar-refractivity contribution is 0.0909. The molecule has 1 heterocycles. The van der Waals surface area contributed by atoms with E-state index in [1.54, 1.807) is 0 Å². The summed E-state index contributed by atoms with van der Waals surface area (Å²) in [4.78, 5) is 0. The Hall–Kier alpha value is -1.80. The Bertz CT molecular complexity index is 677. The number of rotatable bonds is 2. The van der Waals surface area contributed by atoms with Gasteiger partial charge in [-0.1, -0.05) is 42.5 Å². The minimum absolute atomic E-state index is 0.207. The Morgan fingerprint density at radius 2 is 1.71 bits per heavy atom. The second-order valence-electron chi connectivity index (χ2n) is 6.63. The van der Waals surface area contributed by atoms with E-state index in [2.05, 4.69) is 61.6 Å². The molecule has 2 aliphatic rings. The third-order valence-electron chi connectivity index (χ3n) is 4.80. The molecule has 2 unspecified atom stereocenters. The van der Waals surface area contributed by atoms with Gasteiger partial charge in [0, 0.05) is 11.6 Å². The molecule has 0 saturated carbocycles. The van der Waals surface area contributed by atoms with Crippen LogP contribution in [0, 0.1) is 0 Å². The van der Waals surface area contributed by atoms with Gasteiger partial charge in [0.1, 0.15) is 11.4 Å². The summed E-state index contributed by atoms with van der Waals surface area (Å²) in [6, 6.07) is 17.9. The number of para-hydroxylation sites is 1. The zero-order valence-electron chi connectivity index (χ0n) is 12.6. The quantitative estimate of drug-likeness (QED) is 0.890. The van der Waals surface area contributed by atoms with E-state index in [1.807, 2.05) is 6.07 Å². The summed E-state index contributed by atoms with van der Waals surface area (Å²) in [7, 11) is 0. The van der Waals surface area contributed by atoms with Gasteiger partial charge in [0.2, 0.25) is 0 Å². The monoisotopic (exact) mass is 279 g/mol. The van der Waals surface area contributed by atoms with Crippen LogP contribution in [0.25, 0.3) is 0 Å². The number of nitrogens with one attached hydrogen (secondary N) is 1. The first kappa shape index (κ1) is 12.9. The molecule has 2 aromatic carbocycles. The molecule has 0 radical (unpaired) electrons. The number of hydrogen-bond acceptors (Lipinski definition) is 2. The van der Waals surface area contributed by atoms with Crippen LogP contribution in [-0.4, -0.2) is 5.60 Å². The maximum atomic E-state index is 6.14. The van der Waals surface area contributed by atoms with E-state index in [0.717, 1.165) is 5.75 Å². The van der Waals surface area contributed by atoms with Crippen LogP contribution in [0.15, 0.2) is 48.5 Å². The molecule has 108 valence electrons. The second-order valence-corrected chi connectivity index (χ2v) is 6.63.